The third-order valence-electron chi connectivity index (χ3n) is 3.07. The van der Waals surface area contributed by atoms with Gasteiger partial charge in [-0.3, -0.25) is 0 Å². The molecule has 0 bridgehead atoms. The van der Waals surface area contributed by atoms with Crippen molar-refractivity contribution in [1.82, 2.24) is 5.32 Å². The summed E-state index contributed by atoms with van der Waals surface area (Å²) in [5.74, 6) is -0.0967. The third kappa shape index (κ3) is 1.82. The zero-order valence-electron chi connectivity index (χ0n) is 9.18. The Morgan fingerprint density at radius 3 is 2.93 bits per heavy atom. The number of halogens is 1. The number of aryl methyl sites for hydroxylation is 1. The minimum Gasteiger partial charge on any atom is -0.313 e. The summed E-state index contributed by atoms with van der Waals surface area (Å²) in [6.07, 6.45) is 4.11. The van der Waals surface area contributed by atoms with Crippen molar-refractivity contribution < 1.29 is 4.39 Å². The quantitative estimate of drug-likeness (QED) is 0.782. The maximum atomic E-state index is 13.7. The van der Waals surface area contributed by atoms with E-state index in [4.69, 9.17) is 0 Å². The first-order valence-corrected chi connectivity index (χ1v) is 5.39. The standard InChI is InChI=1S/C13H16FN/c1-9(15-2)11-7-3-5-10-6-4-8-12(14)13(10)11/h4,6-9,15H,3,5H2,1-2H3. The summed E-state index contributed by atoms with van der Waals surface area (Å²) in [7, 11) is 1.90. The van der Waals surface area contributed by atoms with Crippen LogP contribution in [0.1, 0.15) is 24.5 Å². The van der Waals surface area contributed by atoms with Crippen molar-refractivity contribution in [2.75, 3.05) is 7.05 Å². The number of hydrogen-bond acceptors (Lipinski definition) is 1. The molecule has 0 spiro atoms. The van der Waals surface area contributed by atoms with Crippen LogP contribution in [-0.2, 0) is 6.42 Å². The van der Waals surface area contributed by atoms with E-state index in [0.717, 1.165) is 29.5 Å². The molecular weight excluding hydrogens is 189 g/mol. The van der Waals surface area contributed by atoms with Gasteiger partial charge in [0.15, 0.2) is 0 Å². The predicted molar refractivity (Wildman–Crippen MR) is 61.2 cm³/mol. The summed E-state index contributed by atoms with van der Waals surface area (Å²) in [6, 6.07) is 5.57. The van der Waals surface area contributed by atoms with Gasteiger partial charge < -0.3 is 5.32 Å². The zero-order valence-corrected chi connectivity index (χ0v) is 9.18. The summed E-state index contributed by atoms with van der Waals surface area (Å²) in [4.78, 5) is 0. The van der Waals surface area contributed by atoms with Crippen LogP contribution in [0.5, 0.6) is 0 Å². The van der Waals surface area contributed by atoms with Crippen LogP contribution in [0.3, 0.4) is 0 Å². The van der Waals surface area contributed by atoms with E-state index in [2.05, 4.69) is 18.3 Å². The molecule has 0 fully saturated rings. The molecule has 0 radical (unpaired) electrons. The average Bonchev–Trinajstić information content (AvgIpc) is 2.28. The molecule has 1 aliphatic rings. The molecular formula is C13H16FN. The van der Waals surface area contributed by atoms with E-state index in [1.165, 1.54) is 0 Å². The van der Waals surface area contributed by atoms with Crippen molar-refractivity contribution >= 4 is 5.57 Å². The lowest BCUT2D eigenvalue weighted by Crippen LogP contribution is -2.25. The SMILES string of the molecule is CNC(C)C1=CCCc2cccc(F)c21. The molecule has 1 unspecified atom stereocenters. The Labute approximate surface area is 90.0 Å². The lowest BCUT2D eigenvalue weighted by atomic mass is 9.87. The van der Waals surface area contributed by atoms with E-state index in [1.54, 1.807) is 12.1 Å². The predicted octanol–water partition coefficient (Wildman–Crippen LogP) is 2.76. The molecule has 0 heterocycles. The fourth-order valence-electron chi connectivity index (χ4n) is 2.13. The Kier molecular flexibility index (Phi) is 2.87. The van der Waals surface area contributed by atoms with E-state index < -0.39 is 0 Å². The molecule has 80 valence electrons. The number of allylic oxidation sites excluding steroid dienone is 1. The van der Waals surface area contributed by atoms with Crippen molar-refractivity contribution in [3.8, 4) is 0 Å². The van der Waals surface area contributed by atoms with Gasteiger partial charge in [-0.05, 0) is 44.0 Å². The number of hydrogen-bond donors (Lipinski definition) is 1. The Morgan fingerprint density at radius 2 is 2.20 bits per heavy atom. The molecule has 2 heteroatoms. The fourth-order valence-corrected chi connectivity index (χ4v) is 2.13. The molecule has 1 N–H and O–H groups in total. The Hall–Kier alpha value is -1.15. The lowest BCUT2D eigenvalue weighted by Gasteiger charge is -2.23. The van der Waals surface area contributed by atoms with Gasteiger partial charge in [0.05, 0.1) is 0 Å². The number of benzene rings is 1. The molecule has 1 aliphatic carbocycles. The van der Waals surface area contributed by atoms with E-state index in [0.29, 0.717) is 0 Å². The van der Waals surface area contributed by atoms with Gasteiger partial charge in [-0.25, -0.2) is 4.39 Å². The van der Waals surface area contributed by atoms with Crippen LogP contribution in [0, 0.1) is 5.82 Å². The van der Waals surface area contributed by atoms with Crippen molar-refractivity contribution in [3.63, 3.8) is 0 Å². The number of fused-ring (bicyclic) bond motifs is 1. The van der Waals surface area contributed by atoms with Crippen LogP contribution >= 0.6 is 0 Å². The topological polar surface area (TPSA) is 12.0 Å². The normalized spacial score (nSPS) is 16.9. The second-order valence-corrected chi connectivity index (χ2v) is 3.98. The summed E-state index contributed by atoms with van der Waals surface area (Å²) in [6.45, 7) is 2.06. The monoisotopic (exact) mass is 205 g/mol. The molecule has 1 aromatic rings. The summed E-state index contributed by atoms with van der Waals surface area (Å²) >= 11 is 0. The molecule has 0 aliphatic heterocycles. The highest BCUT2D eigenvalue weighted by Crippen LogP contribution is 2.30. The van der Waals surface area contributed by atoms with Crippen molar-refractivity contribution in [1.29, 1.82) is 0 Å². The van der Waals surface area contributed by atoms with E-state index in [-0.39, 0.29) is 11.9 Å². The Bertz CT molecular complexity index is 396. The zero-order chi connectivity index (χ0) is 10.8. The second kappa shape index (κ2) is 4.15. The average molecular weight is 205 g/mol. The largest absolute Gasteiger partial charge is 0.313 e. The minimum atomic E-state index is -0.0967. The van der Waals surface area contributed by atoms with Gasteiger partial charge in [0.1, 0.15) is 5.82 Å². The van der Waals surface area contributed by atoms with Crippen molar-refractivity contribution in [2.24, 2.45) is 0 Å². The summed E-state index contributed by atoms with van der Waals surface area (Å²) in [5.41, 5.74) is 3.04. The smallest absolute Gasteiger partial charge is 0.131 e. The highest BCUT2D eigenvalue weighted by atomic mass is 19.1. The first kappa shape index (κ1) is 10.4. The maximum Gasteiger partial charge on any atom is 0.131 e. The van der Waals surface area contributed by atoms with Crippen LogP contribution in [0.4, 0.5) is 4.39 Å². The molecule has 1 nitrogen and oxygen atoms in total. The summed E-state index contributed by atoms with van der Waals surface area (Å²) in [5, 5.41) is 3.17. The lowest BCUT2D eigenvalue weighted by molar-refractivity contribution is 0.614. The van der Waals surface area contributed by atoms with E-state index >= 15 is 0 Å². The van der Waals surface area contributed by atoms with Gasteiger partial charge in [0.2, 0.25) is 0 Å². The first-order valence-electron chi connectivity index (χ1n) is 5.39. The number of likely N-dealkylation sites (N-methyl/N-ethyl adjacent to an activating group) is 1. The van der Waals surface area contributed by atoms with Gasteiger partial charge in [-0.2, -0.15) is 0 Å². The highest BCUT2D eigenvalue weighted by molar-refractivity contribution is 5.73. The van der Waals surface area contributed by atoms with Crippen LogP contribution in [-0.4, -0.2) is 13.1 Å². The molecule has 0 aromatic heterocycles. The number of rotatable bonds is 2. The van der Waals surface area contributed by atoms with E-state index in [1.807, 2.05) is 13.1 Å². The molecule has 1 aromatic carbocycles. The molecule has 0 saturated heterocycles. The second-order valence-electron chi connectivity index (χ2n) is 3.98. The fraction of sp³-hybridized carbons (Fsp3) is 0.385. The third-order valence-corrected chi connectivity index (χ3v) is 3.07. The molecule has 0 amide bonds. The van der Waals surface area contributed by atoms with E-state index in [9.17, 15) is 4.39 Å². The van der Waals surface area contributed by atoms with Gasteiger partial charge in [-0.1, -0.05) is 18.2 Å². The highest BCUT2D eigenvalue weighted by Gasteiger charge is 2.19. The Morgan fingerprint density at radius 1 is 1.40 bits per heavy atom. The maximum absolute atomic E-state index is 13.7. The van der Waals surface area contributed by atoms with Crippen LogP contribution in [0.15, 0.2) is 24.3 Å². The molecule has 2 rings (SSSR count). The van der Waals surface area contributed by atoms with Crippen LogP contribution in [0.2, 0.25) is 0 Å². The van der Waals surface area contributed by atoms with Crippen LogP contribution in [0.25, 0.3) is 5.57 Å². The molecule has 0 saturated carbocycles. The first-order chi connectivity index (χ1) is 7.24. The summed E-state index contributed by atoms with van der Waals surface area (Å²) < 4.78 is 13.7. The van der Waals surface area contributed by atoms with Crippen molar-refractivity contribution in [2.45, 2.75) is 25.8 Å². The van der Waals surface area contributed by atoms with Gasteiger partial charge in [0.25, 0.3) is 0 Å². The van der Waals surface area contributed by atoms with Crippen molar-refractivity contribution in [3.05, 3.63) is 41.2 Å². The number of nitrogens with one attached hydrogen (secondary N) is 1. The van der Waals surface area contributed by atoms with Gasteiger partial charge >= 0.3 is 0 Å². The Balaban J connectivity index is 2.49. The van der Waals surface area contributed by atoms with Gasteiger partial charge in [-0.15, -0.1) is 0 Å². The minimum absolute atomic E-state index is 0.0967. The molecule has 1 atom stereocenters. The van der Waals surface area contributed by atoms with Crippen LogP contribution < -0.4 is 5.32 Å². The molecule has 15 heavy (non-hydrogen) atoms. The van der Waals surface area contributed by atoms with Gasteiger partial charge in [0, 0.05) is 11.6 Å².